The molecule has 0 bridgehead atoms. The molecule has 4 atom stereocenters. The van der Waals surface area contributed by atoms with Gasteiger partial charge in [0, 0.05) is 39.3 Å². The maximum absolute atomic E-state index is 12.6. The van der Waals surface area contributed by atoms with Crippen LogP contribution in [0.5, 0.6) is 0 Å². The minimum absolute atomic E-state index is 0.00149. The van der Waals surface area contributed by atoms with E-state index in [9.17, 15) is 19.8 Å². The summed E-state index contributed by atoms with van der Waals surface area (Å²) in [7, 11) is 0. The van der Waals surface area contributed by atoms with Gasteiger partial charge in [0.2, 0.25) is 5.95 Å². The number of benzene rings is 2. The van der Waals surface area contributed by atoms with Crippen molar-refractivity contribution < 1.29 is 25.9 Å². The Morgan fingerprint density at radius 2 is 1.73 bits per heavy atom. The fraction of sp³-hybridized carbons (Fsp3) is 0.406. The van der Waals surface area contributed by atoms with Crippen molar-refractivity contribution in [1.29, 1.82) is 0 Å². The molecule has 1 aliphatic carbocycles. The molecule has 12 heteroatoms. The molecule has 5 N–H and O–H groups in total. The van der Waals surface area contributed by atoms with Crippen molar-refractivity contribution in [2.45, 2.75) is 69.1 Å². The number of ether oxygens (including phenoxy) is 1. The zero-order valence-corrected chi connectivity index (χ0v) is 24.2. The summed E-state index contributed by atoms with van der Waals surface area (Å²) in [5, 5.41) is 31.0. The van der Waals surface area contributed by atoms with Gasteiger partial charge < -0.3 is 30.9 Å². The van der Waals surface area contributed by atoms with Gasteiger partial charge >= 0.3 is 0 Å². The molecule has 1 aliphatic heterocycles. The molecule has 1 saturated carbocycles. The molecule has 4 aromatic rings. The number of aromatic nitrogens is 4. The topological polar surface area (TPSA) is 164 Å². The van der Waals surface area contributed by atoms with Gasteiger partial charge in [-0.3, -0.25) is 14.2 Å². The van der Waals surface area contributed by atoms with Crippen molar-refractivity contribution >= 4 is 34.6 Å². The third kappa shape index (κ3) is 6.14. The number of fused-ring (bicyclic) bond motifs is 1. The van der Waals surface area contributed by atoms with Crippen LogP contribution in [0.4, 0.5) is 11.8 Å². The summed E-state index contributed by atoms with van der Waals surface area (Å²) < 4.78 is 14.6. The minimum atomic E-state index is -1.49. The number of carbonyl (C=O) groups excluding carboxylic acids is 2. The first-order chi connectivity index (χ1) is 21.9. The maximum Gasteiger partial charge on any atom is 0.252 e. The van der Waals surface area contributed by atoms with E-state index in [4.69, 9.17) is 16.1 Å². The lowest BCUT2D eigenvalue weighted by Gasteiger charge is -2.23. The molecule has 6 rings (SSSR count). The number of imidazole rings is 1. The first-order valence-corrected chi connectivity index (χ1v) is 14.9. The number of hydrogen-bond acceptors (Lipinski definition) is 10. The number of hydrogen-bond donors (Lipinski definition) is 5. The van der Waals surface area contributed by atoms with Crippen LogP contribution < -0.4 is 16.0 Å². The van der Waals surface area contributed by atoms with Gasteiger partial charge in [-0.05, 0) is 30.9 Å². The number of likely N-dealkylation sites (N-methyl/N-ethyl adjacent to an activating group) is 1. The summed E-state index contributed by atoms with van der Waals surface area (Å²) >= 11 is 0. The number of aliphatic hydroxyl groups is 2. The molecule has 0 spiro atoms. The van der Waals surface area contributed by atoms with Gasteiger partial charge in [-0.25, -0.2) is 4.98 Å². The molecule has 2 aliphatic rings. The summed E-state index contributed by atoms with van der Waals surface area (Å²) in [6.45, 7) is 0.556. The molecular weight excluding hydrogens is 562 g/mol. The first kappa shape index (κ1) is 28.4. The average molecular weight is 601 g/mol. The molecule has 44 heavy (non-hydrogen) atoms. The van der Waals surface area contributed by atoms with Gasteiger partial charge in [-0.15, -0.1) is 0 Å². The number of aliphatic hydroxyl groups excluding tert-OH is 2. The predicted octanol–water partition coefficient (Wildman–Crippen LogP) is 2.75. The van der Waals surface area contributed by atoms with Crippen molar-refractivity contribution in [2.24, 2.45) is 0 Å². The number of Topliss-reactive ketones (excluding diaryl/α,β-unsaturated/α-hetero) is 1. The van der Waals surface area contributed by atoms with Crippen LogP contribution in [0.2, 0.25) is 0 Å². The second-order valence-electron chi connectivity index (χ2n) is 11.2. The van der Waals surface area contributed by atoms with Crippen LogP contribution in [0.25, 0.3) is 11.2 Å². The van der Waals surface area contributed by atoms with E-state index >= 15 is 0 Å². The standard InChI is InChI=1S/C32H37N7O5/c1-2-33-30(43)27-25(41)26(42)31(44-27)39-18-35-24-28(37-32(38-29(24)39)36-21-13-15-22(40)16-14-21)34-17-23(19-9-5-3-6-10-19)20-11-7-4-8-12-20/h3-12,18,21,23,25-27,31,41-42H,2,13-17H2,1H3,(H,33,43)(H2,34,36,37,38)/t25-,26+,27-,31?/m0/s1/i1D. The van der Waals surface area contributed by atoms with E-state index in [1.54, 1.807) is 0 Å². The Hall–Kier alpha value is -4.39. The van der Waals surface area contributed by atoms with Crippen molar-refractivity contribution in [2.75, 3.05) is 23.7 Å². The fourth-order valence-corrected chi connectivity index (χ4v) is 5.88. The van der Waals surface area contributed by atoms with Crippen LogP contribution in [0, 0.1) is 0 Å². The first-order valence-electron chi connectivity index (χ1n) is 15.6. The van der Waals surface area contributed by atoms with E-state index in [1.165, 1.54) is 10.9 Å². The number of carbonyl (C=O) groups is 2. The van der Waals surface area contributed by atoms with Crippen LogP contribution in [-0.4, -0.2) is 78.9 Å². The smallest absolute Gasteiger partial charge is 0.252 e. The van der Waals surface area contributed by atoms with E-state index in [1.807, 2.05) is 36.4 Å². The molecule has 0 radical (unpaired) electrons. The predicted molar refractivity (Wildman–Crippen MR) is 164 cm³/mol. The maximum atomic E-state index is 12.6. The third-order valence-electron chi connectivity index (χ3n) is 8.25. The summed E-state index contributed by atoms with van der Waals surface area (Å²) in [5.41, 5.74) is 3.01. The molecule has 2 fully saturated rings. The van der Waals surface area contributed by atoms with Gasteiger partial charge in [0.1, 0.15) is 18.0 Å². The van der Waals surface area contributed by atoms with Crippen molar-refractivity contribution in [3.63, 3.8) is 0 Å². The Morgan fingerprint density at radius 3 is 2.39 bits per heavy atom. The van der Waals surface area contributed by atoms with E-state index in [0.717, 1.165) is 11.1 Å². The highest BCUT2D eigenvalue weighted by molar-refractivity contribution is 5.85. The SMILES string of the molecule is [2H]CCNC(=O)[C@H]1OC(n2cnc3c(NCC(c4ccccc4)c4ccccc4)nc(NC4CCC(=O)CC4)nc32)[C@H](O)[C@@H]1O. The zero-order chi connectivity index (χ0) is 31.3. The highest BCUT2D eigenvalue weighted by Gasteiger charge is 2.47. The summed E-state index contributed by atoms with van der Waals surface area (Å²) in [5.74, 6) is 0.408. The lowest BCUT2D eigenvalue weighted by Crippen LogP contribution is -2.42. The summed E-state index contributed by atoms with van der Waals surface area (Å²) in [4.78, 5) is 38.5. The van der Waals surface area contributed by atoms with Crippen LogP contribution >= 0.6 is 0 Å². The number of rotatable bonds is 10. The Kier molecular flexibility index (Phi) is 8.44. The molecule has 230 valence electrons. The van der Waals surface area contributed by atoms with Gasteiger partial charge in [-0.2, -0.15) is 9.97 Å². The molecule has 12 nitrogen and oxygen atoms in total. The largest absolute Gasteiger partial charge is 0.387 e. The van der Waals surface area contributed by atoms with Gasteiger partial charge in [-0.1, -0.05) is 60.7 Å². The van der Waals surface area contributed by atoms with Crippen molar-refractivity contribution in [1.82, 2.24) is 24.8 Å². The molecular formula is C32H37N7O5. The number of ketones is 1. The molecule has 2 aromatic heterocycles. The second kappa shape index (κ2) is 13.1. The van der Waals surface area contributed by atoms with Crippen molar-refractivity contribution in [3.8, 4) is 0 Å². The van der Waals surface area contributed by atoms with Crippen LogP contribution in [0.3, 0.4) is 0 Å². The lowest BCUT2D eigenvalue weighted by molar-refractivity contribution is -0.137. The van der Waals surface area contributed by atoms with E-state index in [0.29, 0.717) is 55.2 Å². The summed E-state index contributed by atoms with van der Waals surface area (Å²) in [6.07, 6.45) is -1.66. The zero-order valence-electron chi connectivity index (χ0n) is 25.2. The lowest BCUT2D eigenvalue weighted by atomic mass is 9.91. The third-order valence-corrected chi connectivity index (χ3v) is 8.25. The van der Waals surface area contributed by atoms with Gasteiger partial charge in [0.15, 0.2) is 29.3 Å². The van der Waals surface area contributed by atoms with Gasteiger partial charge in [0.05, 0.1) is 6.33 Å². The second-order valence-corrected chi connectivity index (χ2v) is 11.2. The summed E-state index contributed by atoms with van der Waals surface area (Å²) in [6, 6.07) is 20.3. The van der Waals surface area contributed by atoms with E-state index in [2.05, 4.69) is 45.2 Å². The van der Waals surface area contributed by atoms with Crippen LogP contribution in [0.1, 0.15) is 57.2 Å². The molecule has 1 saturated heterocycles. The van der Waals surface area contributed by atoms with E-state index < -0.39 is 30.4 Å². The number of nitrogens with one attached hydrogen (secondary N) is 3. The van der Waals surface area contributed by atoms with Gasteiger partial charge in [0.25, 0.3) is 5.91 Å². The number of anilines is 2. The molecule has 3 heterocycles. The molecule has 1 amide bonds. The molecule has 1 unspecified atom stereocenters. The average Bonchev–Trinajstić information content (AvgIpc) is 3.62. The monoisotopic (exact) mass is 600 g/mol. The van der Waals surface area contributed by atoms with Crippen molar-refractivity contribution in [3.05, 3.63) is 78.1 Å². The number of nitrogens with zero attached hydrogens (tertiary/aromatic N) is 4. The minimum Gasteiger partial charge on any atom is -0.387 e. The Morgan fingerprint density at radius 1 is 1.05 bits per heavy atom. The van der Waals surface area contributed by atoms with Crippen LogP contribution in [0.15, 0.2) is 67.0 Å². The molecule has 2 aromatic carbocycles. The Balaban J connectivity index is 1.33. The highest BCUT2D eigenvalue weighted by Crippen LogP contribution is 2.34. The normalized spacial score (nSPS) is 22.7. The fourth-order valence-electron chi connectivity index (χ4n) is 5.88. The van der Waals surface area contributed by atoms with Crippen LogP contribution in [-0.2, 0) is 14.3 Å². The highest BCUT2D eigenvalue weighted by atomic mass is 16.6. The Labute approximate surface area is 256 Å². The number of amides is 1. The Bertz CT molecular complexity index is 1570. The van der Waals surface area contributed by atoms with E-state index in [-0.39, 0.29) is 31.2 Å². The quantitative estimate of drug-likeness (QED) is 0.183.